The third-order valence-electron chi connectivity index (χ3n) is 6.58. The molecule has 0 bridgehead atoms. The number of benzene rings is 1. The Morgan fingerprint density at radius 3 is 2.50 bits per heavy atom. The molecule has 3 heterocycles. The third-order valence-corrected chi connectivity index (χ3v) is 6.58. The van der Waals surface area contributed by atoms with Gasteiger partial charge in [0, 0.05) is 55.2 Å². The minimum Gasteiger partial charge on any atom is -0.369 e. The molecule has 0 radical (unpaired) electrons. The number of nitrogens with one attached hydrogen (secondary N) is 1. The Morgan fingerprint density at radius 2 is 1.81 bits per heavy atom. The Labute approximate surface area is 187 Å². The summed E-state index contributed by atoms with van der Waals surface area (Å²) in [5.74, 6) is 0.445. The molecule has 1 saturated carbocycles. The van der Waals surface area contributed by atoms with Crippen molar-refractivity contribution in [3.63, 3.8) is 0 Å². The van der Waals surface area contributed by atoms with E-state index in [0.29, 0.717) is 17.0 Å². The zero-order valence-corrected chi connectivity index (χ0v) is 18.3. The van der Waals surface area contributed by atoms with Gasteiger partial charge in [0.15, 0.2) is 0 Å². The fourth-order valence-electron chi connectivity index (χ4n) is 4.71. The van der Waals surface area contributed by atoms with Crippen LogP contribution in [-0.4, -0.2) is 52.7 Å². The van der Waals surface area contributed by atoms with Crippen molar-refractivity contribution in [2.45, 2.75) is 31.7 Å². The zero-order chi connectivity index (χ0) is 22.1. The highest BCUT2D eigenvalue weighted by molar-refractivity contribution is 5.77. The van der Waals surface area contributed by atoms with Crippen LogP contribution in [-0.2, 0) is 0 Å². The van der Waals surface area contributed by atoms with Crippen molar-refractivity contribution in [2.24, 2.45) is 0 Å². The molecule has 1 saturated heterocycles. The SMILES string of the molecule is CN1CCN(c2ccc(Nc3ncc4cc(C#N)c(=O)n(C5CCCC5)c4n3)cc2)CC1. The maximum absolute atomic E-state index is 12.9. The molecular weight excluding hydrogens is 402 g/mol. The molecule has 1 aliphatic carbocycles. The predicted molar refractivity (Wildman–Crippen MR) is 125 cm³/mol. The van der Waals surface area contributed by atoms with Crippen LogP contribution >= 0.6 is 0 Å². The van der Waals surface area contributed by atoms with Crippen molar-refractivity contribution in [3.05, 3.63) is 52.4 Å². The molecule has 32 heavy (non-hydrogen) atoms. The number of likely N-dealkylation sites (N-methyl/N-ethyl adjacent to an activating group) is 1. The van der Waals surface area contributed by atoms with E-state index in [-0.39, 0.29) is 17.2 Å². The third kappa shape index (κ3) is 3.92. The normalized spacial score (nSPS) is 17.6. The van der Waals surface area contributed by atoms with Crippen LogP contribution in [0.1, 0.15) is 37.3 Å². The second-order valence-electron chi connectivity index (χ2n) is 8.72. The predicted octanol–water partition coefficient (Wildman–Crippen LogP) is 3.27. The molecule has 0 unspecified atom stereocenters. The second kappa shape index (κ2) is 8.60. The van der Waals surface area contributed by atoms with Crippen LogP contribution in [0.2, 0.25) is 0 Å². The lowest BCUT2D eigenvalue weighted by Gasteiger charge is -2.34. The Hall–Kier alpha value is -3.44. The molecule has 2 aromatic heterocycles. The molecule has 2 aliphatic rings. The first-order chi connectivity index (χ1) is 15.6. The zero-order valence-electron chi connectivity index (χ0n) is 18.3. The summed E-state index contributed by atoms with van der Waals surface area (Å²) in [5, 5.41) is 13.4. The molecule has 2 fully saturated rings. The molecule has 5 rings (SSSR count). The number of hydrogen-bond donors (Lipinski definition) is 1. The molecule has 164 valence electrons. The van der Waals surface area contributed by atoms with Gasteiger partial charge >= 0.3 is 0 Å². The quantitative estimate of drug-likeness (QED) is 0.681. The molecule has 8 heteroatoms. The summed E-state index contributed by atoms with van der Waals surface area (Å²) in [4.78, 5) is 26.8. The highest BCUT2D eigenvalue weighted by Gasteiger charge is 2.23. The van der Waals surface area contributed by atoms with E-state index in [1.54, 1.807) is 16.8 Å². The van der Waals surface area contributed by atoms with Crippen molar-refractivity contribution in [1.82, 2.24) is 19.4 Å². The maximum Gasteiger partial charge on any atom is 0.270 e. The summed E-state index contributed by atoms with van der Waals surface area (Å²) < 4.78 is 1.71. The number of piperazine rings is 1. The van der Waals surface area contributed by atoms with Gasteiger partial charge in [-0.25, -0.2) is 4.98 Å². The molecule has 0 atom stereocenters. The lowest BCUT2D eigenvalue weighted by molar-refractivity contribution is 0.313. The average molecular weight is 430 g/mol. The van der Waals surface area contributed by atoms with E-state index in [0.717, 1.165) is 57.5 Å². The smallest absolute Gasteiger partial charge is 0.270 e. The Morgan fingerprint density at radius 1 is 1.09 bits per heavy atom. The lowest BCUT2D eigenvalue weighted by atomic mass is 10.2. The van der Waals surface area contributed by atoms with Gasteiger partial charge in [-0.1, -0.05) is 12.8 Å². The molecule has 0 spiro atoms. The number of hydrogen-bond acceptors (Lipinski definition) is 7. The van der Waals surface area contributed by atoms with Crippen LogP contribution in [0.25, 0.3) is 11.0 Å². The molecule has 1 aliphatic heterocycles. The van der Waals surface area contributed by atoms with E-state index >= 15 is 0 Å². The largest absolute Gasteiger partial charge is 0.369 e. The first kappa shape index (κ1) is 20.5. The van der Waals surface area contributed by atoms with Crippen LogP contribution in [0.5, 0.6) is 0 Å². The Kier molecular flexibility index (Phi) is 5.50. The summed E-state index contributed by atoms with van der Waals surface area (Å²) in [6.45, 7) is 4.20. The molecule has 0 amide bonds. The van der Waals surface area contributed by atoms with E-state index in [2.05, 4.69) is 44.3 Å². The number of aromatic nitrogens is 3. The number of pyridine rings is 1. The molecule has 1 aromatic carbocycles. The van der Waals surface area contributed by atoms with Crippen LogP contribution in [0.4, 0.5) is 17.3 Å². The van der Waals surface area contributed by atoms with Gasteiger partial charge in [0.25, 0.3) is 5.56 Å². The van der Waals surface area contributed by atoms with Gasteiger partial charge in [-0.15, -0.1) is 0 Å². The molecule has 1 N–H and O–H groups in total. The average Bonchev–Trinajstić information content (AvgIpc) is 3.34. The van der Waals surface area contributed by atoms with Gasteiger partial charge in [-0.2, -0.15) is 10.2 Å². The topological polar surface area (TPSA) is 90.1 Å². The van der Waals surface area contributed by atoms with E-state index < -0.39 is 0 Å². The van der Waals surface area contributed by atoms with Crippen molar-refractivity contribution < 1.29 is 0 Å². The van der Waals surface area contributed by atoms with Crippen LogP contribution < -0.4 is 15.8 Å². The van der Waals surface area contributed by atoms with Gasteiger partial charge in [-0.05, 0) is 50.2 Å². The van der Waals surface area contributed by atoms with Crippen LogP contribution in [0.15, 0.2) is 41.3 Å². The van der Waals surface area contributed by atoms with Gasteiger partial charge < -0.3 is 15.1 Å². The fourth-order valence-corrected chi connectivity index (χ4v) is 4.71. The number of nitrogens with zero attached hydrogens (tertiary/aromatic N) is 6. The lowest BCUT2D eigenvalue weighted by Crippen LogP contribution is -2.44. The molecule has 8 nitrogen and oxygen atoms in total. The second-order valence-corrected chi connectivity index (χ2v) is 8.72. The van der Waals surface area contributed by atoms with E-state index in [1.165, 1.54) is 5.69 Å². The van der Waals surface area contributed by atoms with E-state index in [1.807, 2.05) is 18.2 Å². The standard InChI is InChI=1S/C24H27N7O/c1-29-10-12-30(13-11-29)20-8-6-19(7-9-20)27-24-26-16-18-14-17(15-25)23(32)31(22(18)28-24)21-4-2-3-5-21/h6-9,14,16,21H,2-5,10-13H2,1H3,(H,26,27,28). The van der Waals surface area contributed by atoms with Crippen molar-refractivity contribution in [2.75, 3.05) is 43.4 Å². The van der Waals surface area contributed by atoms with Gasteiger partial charge in [0.05, 0.1) is 0 Å². The fraction of sp³-hybridized carbons (Fsp3) is 0.417. The van der Waals surface area contributed by atoms with Crippen LogP contribution in [0, 0.1) is 11.3 Å². The van der Waals surface area contributed by atoms with Crippen molar-refractivity contribution >= 4 is 28.4 Å². The monoisotopic (exact) mass is 429 g/mol. The highest BCUT2D eigenvalue weighted by atomic mass is 16.1. The Balaban J connectivity index is 1.43. The molecule has 3 aromatic rings. The number of anilines is 3. The number of nitriles is 1. The molecular formula is C24H27N7O. The summed E-state index contributed by atoms with van der Waals surface area (Å²) in [6.07, 6.45) is 5.74. The first-order valence-electron chi connectivity index (χ1n) is 11.3. The minimum atomic E-state index is -0.256. The van der Waals surface area contributed by atoms with Crippen molar-refractivity contribution in [3.8, 4) is 6.07 Å². The van der Waals surface area contributed by atoms with Crippen molar-refractivity contribution in [1.29, 1.82) is 5.26 Å². The Bertz CT molecular complexity index is 1210. The van der Waals surface area contributed by atoms with E-state index in [9.17, 15) is 10.1 Å². The van der Waals surface area contributed by atoms with Crippen LogP contribution in [0.3, 0.4) is 0 Å². The van der Waals surface area contributed by atoms with E-state index in [4.69, 9.17) is 0 Å². The first-order valence-corrected chi connectivity index (χ1v) is 11.3. The highest BCUT2D eigenvalue weighted by Crippen LogP contribution is 2.31. The summed E-state index contributed by atoms with van der Waals surface area (Å²) in [6, 6.07) is 12.0. The summed E-state index contributed by atoms with van der Waals surface area (Å²) >= 11 is 0. The summed E-state index contributed by atoms with van der Waals surface area (Å²) in [7, 11) is 2.15. The number of fused-ring (bicyclic) bond motifs is 1. The van der Waals surface area contributed by atoms with Gasteiger partial charge in [0.2, 0.25) is 5.95 Å². The number of rotatable bonds is 4. The van der Waals surface area contributed by atoms with Gasteiger partial charge in [-0.3, -0.25) is 9.36 Å². The summed E-state index contributed by atoms with van der Waals surface area (Å²) in [5.41, 5.74) is 2.58. The minimum absolute atomic E-state index is 0.0870. The van der Waals surface area contributed by atoms with Gasteiger partial charge in [0.1, 0.15) is 17.3 Å². The maximum atomic E-state index is 12.9.